The second-order valence-electron chi connectivity index (χ2n) is 3.90. The number of benzene rings is 1. The molecule has 0 aliphatic rings. The Kier molecular flexibility index (Phi) is 5.22. The molecule has 88 valence electrons. The van der Waals surface area contributed by atoms with Crippen LogP contribution in [-0.4, -0.2) is 37.1 Å². The Bertz CT molecular complexity index is 353. The molecule has 1 aromatic carbocycles. The average molecular weight is 238 g/mol. The number of nitrogens with two attached hydrogens (primary N) is 1. The van der Waals surface area contributed by atoms with Gasteiger partial charge in [0.25, 0.3) is 0 Å². The molecule has 0 aliphatic carbocycles. The summed E-state index contributed by atoms with van der Waals surface area (Å²) in [6.45, 7) is 1.73. The van der Waals surface area contributed by atoms with Crippen molar-refractivity contribution in [1.29, 1.82) is 0 Å². The van der Waals surface area contributed by atoms with Gasteiger partial charge in [0.1, 0.15) is 10.7 Å². The fraction of sp³-hybridized carbons (Fsp3) is 0.417. The highest BCUT2D eigenvalue weighted by molar-refractivity contribution is 7.80. The topological polar surface area (TPSA) is 38.5 Å². The van der Waals surface area contributed by atoms with E-state index in [1.54, 1.807) is 0 Å². The highest BCUT2D eigenvalue weighted by Gasteiger charge is 1.99. The molecule has 1 aromatic rings. The molecular formula is C12H18N2OS. The predicted octanol–water partition coefficient (Wildman–Crippen LogP) is 1.65. The fourth-order valence-electron chi connectivity index (χ4n) is 1.31. The molecule has 3 nitrogen and oxygen atoms in total. The number of thiocarbonyl (C=S) groups is 1. The van der Waals surface area contributed by atoms with Crippen LogP contribution >= 0.6 is 12.2 Å². The van der Waals surface area contributed by atoms with E-state index in [1.807, 2.05) is 38.4 Å². The lowest BCUT2D eigenvalue weighted by Crippen LogP contribution is -2.15. The van der Waals surface area contributed by atoms with Gasteiger partial charge in [0.15, 0.2) is 0 Å². The predicted molar refractivity (Wildman–Crippen MR) is 71.0 cm³/mol. The maximum atomic E-state index is 5.61. The summed E-state index contributed by atoms with van der Waals surface area (Å²) in [5.74, 6) is 0.823. The van der Waals surface area contributed by atoms with Gasteiger partial charge >= 0.3 is 0 Å². The Balaban J connectivity index is 2.42. The van der Waals surface area contributed by atoms with Crippen molar-refractivity contribution in [3.05, 3.63) is 29.8 Å². The van der Waals surface area contributed by atoms with Crippen LogP contribution in [0.2, 0.25) is 0 Å². The van der Waals surface area contributed by atoms with E-state index in [-0.39, 0.29) is 0 Å². The second-order valence-corrected chi connectivity index (χ2v) is 4.34. The first-order chi connectivity index (χ1) is 7.59. The molecule has 0 bridgehead atoms. The number of rotatable bonds is 6. The van der Waals surface area contributed by atoms with Crippen molar-refractivity contribution in [2.75, 3.05) is 27.2 Å². The van der Waals surface area contributed by atoms with Crippen LogP contribution in [0.25, 0.3) is 0 Å². The molecule has 4 heteroatoms. The summed E-state index contributed by atoms with van der Waals surface area (Å²) < 4.78 is 5.61. The number of ether oxygens (including phenoxy) is 1. The summed E-state index contributed by atoms with van der Waals surface area (Å²) in [4.78, 5) is 2.54. The molecule has 1 rings (SSSR count). The Hall–Kier alpha value is -1.13. The van der Waals surface area contributed by atoms with Crippen molar-refractivity contribution in [2.24, 2.45) is 5.73 Å². The zero-order valence-corrected chi connectivity index (χ0v) is 10.6. The van der Waals surface area contributed by atoms with Gasteiger partial charge < -0.3 is 15.4 Å². The van der Waals surface area contributed by atoms with Gasteiger partial charge in [0, 0.05) is 12.1 Å². The van der Waals surface area contributed by atoms with Crippen LogP contribution in [0.4, 0.5) is 0 Å². The van der Waals surface area contributed by atoms with Crippen LogP contribution in [0.1, 0.15) is 12.0 Å². The highest BCUT2D eigenvalue weighted by Crippen LogP contribution is 2.13. The van der Waals surface area contributed by atoms with Gasteiger partial charge in [-0.1, -0.05) is 24.4 Å². The lowest BCUT2D eigenvalue weighted by molar-refractivity contribution is 0.281. The van der Waals surface area contributed by atoms with Gasteiger partial charge in [-0.2, -0.15) is 0 Å². The largest absolute Gasteiger partial charge is 0.494 e. The summed E-state index contributed by atoms with van der Waals surface area (Å²) in [5.41, 5.74) is 6.39. The molecule has 0 heterocycles. The lowest BCUT2D eigenvalue weighted by Gasteiger charge is -2.10. The van der Waals surface area contributed by atoms with Crippen molar-refractivity contribution in [3.8, 4) is 5.75 Å². The monoisotopic (exact) mass is 238 g/mol. The summed E-state index contributed by atoms with van der Waals surface area (Å²) in [6.07, 6.45) is 1.00. The summed E-state index contributed by atoms with van der Waals surface area (Å²) >= 11 is 4.91. The molecule has 0 aliphatic heterocycles. The number of hydrogen-bond donors (Lipinski definition) is 1. The lowest BCUT2D eigenvalue weighted by atomic mass is 10.2. The maximum Gasteiger partial charge on any atom is 0.119 e. The van der Waals surface area contributed by atoms with E-state index in [4.69, 9.17) is 22.7 Å². The first-order valence-electron chi connectivity index (χ1n) is 5.27. The number of nitrogens with zero attached hydrogens (tertiary/aromatic N) is 1. The fourth-order valence-corrected chi connectivity index (χ4v) is 1.44. The number of hydrogen-bond acceptors (Lipinski definition) is 3. The van der Waals surface area contributed by atoms with Gasteiger partial charge in [-0.15, -0.1) is 0 Å². The van der Waals surface area contributed by atoms with E-state index >= 15 is 0 Å². The molecular weight excluding hydrogens is 220 g/mol. The smallest absolute Gasteiger partial charge is 0.119 e. The Morgan fingerprint density at radius 2 is 2.19 bits per heavy atom. The highest BCUT2D eigenvalue weighted by atomic mass is 32.1. The second kappa shape index (κ2) is 6.45. The standard InChI is InChI=1S/C12H18N2OS/c1-14(2)7-4-8-15-11-6-3-5-10(9-11)12(13)16/h3,5-6,9H,4,7-8H2,1-2H3,(H2,13,16). The van der Waals surface area contributed by atoms with Gasteiger partial charge in [-0.3, -0.25) is 0 Å². The Morgan fingerprint density at radius 3 is 2.81 bits per heavy atom. The molecule has 0 fully saturated rings. The first-order valence-corrected chi connectivity index (χ1v) is 5.68. The minimum Gasteiger partial charge on any atom is -0.494 e. The van der Waals surface area contributed by atoms with E-state index in [9.17, 15) is 0 Å². The van der Waals surface area contributed by atoms with Crippen LogP contribution in [0, 0.1) is 0 Å². The Morgan fingerprint density at radius 1 is 1.44 bits per heavy atom. The third-order valence-corrected chi connectivity index (χ3v) is 2.37. The van der Waals surface area contributed by atoms with Crippen molar-refractivity contribution in [3.63, 3.8) is 0 Å². The van der Waals surface area contributed by atoms with Crippen molar-refractivity contribution in [2.45, 2.75) is 6.42 Å². The first kappa shape index (κ1) is 12.9. The summed E-state index contributed by atoms with van der Waals surface area (Å²) in [5, 5.41) is 0. The van der Waals surface area contributed by atoms with Gasteiger partial charge in [0.2, 0.25) is 0 Å². The van der Waals surface area contributed by atoms with Crippen LogP contribution in [0.5, 0.6) is 5.75 Å². The summed E-state index contributed by atoms with van der Waals surface area (Å²) in [6, 6.07) is 7.57. The normalized spacial score (nSPS) is 10.4. The van der Waals surface area contributed by atoms with E-state index in [1.165, 1.54) is 0 Å². The zero-order valence-electron chi connectivity index (χ0n) is 9.77. The van der Waals surface area contributed by atoms with E-state index < -0.39 is 0 Å². The molecule has 16 heavy (non-hydrogen) atoms. The van der Waals surface area contributed by atoms with E-state index in [0.29, 0.717) is 11.6 Å². The van der Waals surface area contributed by atoms with Crippen molar-refractivity contribution >= 4 is 17.2 Å². The third kappa shape index (κ3) is 4.59. The van der Waals surface area contributed by atoms with Gasteiger partial charge in [0.05, 0.1) is 6.61 Å². The minimum absolute atomic E-state index is 0.402. The van der Waals surface area contributed by atoms with Crippen LogP contribution in [0.3, 0.4) is 0 Å². The quantitative estimate of drug-likeness (QED) is 0.604. The SMILES string of the molecule is CN(C)CCCOc1cccc(C(N)=S)c1. The van der Waals surface area contributed by atoms with Gasteiger partial charge in [-0.25, -0.2) is 0 Å². The maximum absolute atomic E-state index is 5.61. The van der Waals surface area contributed by atoms with E-state index in [0.717, 1.165) is 24.3 Å². The van der Waals surface area contributed by atoms with Crippen LogP contribution in [0.15, 0.2) is 24.3 Å². The third-order valence-electron chi connectivity index (χ3n) is 2.14. The van der Waals surface area contributed by atoms with E-state index in [2.05, 4.69) is 4.90 Å². The molecule has 0 saturated carbocycles. The van der Waals surface area contributed by atoms with Crippen LogP contribution < -0.4 is 10.5 Å². The van der Waals surface area contributed by atoms with Crippen molar-refractivity contribution in [1.82, 2.24) is 4.90 Å². The molecule has 0 amide bonds. The molecule has 0 saturated heterocycles. The van der Waals surface area contributed by atoms with Crippen LogP contribution in [-0.2, 0) is 0 Å². The zero-order chi connectivity index (χ0) is 12.0. The molecule has 2 N–H and O–H groups in total. The van der Waals surface area contributed by atoms with Gasteiger partial charge in [-0.05, 0) is 32.6 Å². The Labute approximate surface area is 102 Å². The average Bonchev–Trinajstić information content (AvgIpc) is 2.24. The molecule has 0 aromatic heterocycles. The molecule has 0 unspecified atom stereocenters. The summed E-state index contributed by atoms with van der Waals surface area (Å²) in [7, 11) is 4.10. The molecule has 0 radical (unpaired) electrons. The minimum atomic E-state index is 0.402. The molecule has 0 atom stereocenters. The van der Waals surface area contributed by atoms with Crippen molar-refractivity contribution < 1.29 is 4.74 Å². The molecule has 0 spiro atoms.